The topological polar surface area (TPSA) is 47.0 Å². The fourth-order valence-corrected chi connectivity index (χ4v) is 3.59. The number of amides is 1. The zero-order valence-corrected chi connectivity index (χ0v) is 13.4. The lowest BCUT2D eigenvalue weighted by Gasteiger charge is -2.41. The van der Waals surface area contributed by atoms with Crippen molar-refractivity contribution in [3.8, 4) is 0 Å². The SMILES string of the molecule is C=CCN1CCC[C@H]1C(=O)N1CCC(O)(CN(C)C)CC1. The van der Waals surface area contributed by atoms with Gasteiger partial charge in [-0.15, -0.1) is 6.58 Å². The van der Waals surface area contributed by atoms with E-state index >= 15 is 0 Å². The molecule has 1 atom stereocenters. The summed E-state index contributed by atoms with van der Waals surface area (Å²) in [6.45, 7) is 7.55. The van der Waals surface area contributed by atoms with Gasteiger partial charge in [-0.3, -0.25) is 9.69 Å². The molecule has 1 amide bonds. The quantitative estimate of drug-likeness (QED) is 0.753. The second kappa shape index (κ2) is 6.90. The summed E-state index contributed by atoms with van der Waals surface area (Å²) in [5.41, 5.74) is -0.642. The first-order valence-electron chi connectivity index (χ1n) is 7.96. The Morgan fingerprint density at radius 2 is 2.05 bits per heavy atom. The normalized spacial score (nSPS) is 26.3. The van der Waals surface area contributed by atoms with Gasteiger partial charge in [-0.2, -0.15) is 0 Å². The van der Waals surface area contributed by atoms with E-state index in [1.807, 2.05) is 30.0 Å². The van der Waals surface area contributed by atoms with Crippen LogP contribution in [-0.4, -0.2) is 84.2 Å². The molecular weight excluding hydrogens is 266 g/mol. The van der Waals surface area contributed by atoms with E-state index in [2.05, 4.69) is 11.5 Å². The van der Waals surface area contributed by atoms with Crippen molar-refractivity contribution in [2.24, 2.45) is 0 Å². The molecule has 2 fully saturated rings. The number of piperidine rings is 1. The van der Waals surface area contributed by atoms with Crippen molar-refractivity contribution in [3.63, 3.8) is 0 Å². The second-order valence-electron chi connectivity index (χ2n) is 6.73. The highest BCUT2D eigenvalue weighted by Crippen LogP contribution is 2.26. The summed E-state index contributed by atoms with van der Waals surface area (Å²) in [5.74, 6) is 0.237. The number of likely N-dealkylation sites (tertiary alicyclic amines) is 2. The van der Waals surface area contributed by atoms with Crippen LogP contribution in [0.1, 0.15) is 25.7 Å². The van der Waals surface area contributed by atoms with E-state index in [1.165, 1.54) is 0 Å². The molecule has 120 valence electrons. The van der Waals surface area contributed by atoms with Gasteiger partial charge in [0.05, 0.1) is 11.6 Å². The maximum absolute atomic E-state index is 12.7. The number of hydrogen-bond donors (Lipinski definition) is 1. The van der Waals surface area contributed by atoms with Crippen molar-refractivity contribution in [2.45, 2.75) is 37.3 Å². The first-order chi connectivity index (χ1) is 9.95. The monoisotopic (exact) mass is 295 g/mol. The fourth-order valence-electron chi connectivity index (χ4n) is 3.59. The Morgan fingerprint density at radius 1 is 1.38 bits per heavy atom. The molecular formula is C16H29N3O2. The average molecular weight is 295 g/mol. The summed E-state index contributed by atoms with van der Waals surface area (Å²) >= 11 is 0. The Balaban J connectivity index is 1.89. The van der Waals surface area contributed by atoms with Crippen molar-refractivity contribution >= 4 is 5.91 Å². The third-order valence-corrected chi connectivity index (χ3v) is 4.63. The number of hydrogen-bond acceptors (Lipinski definition) is 4. The molecule has 0 aliphatic carbocycles. The summed E-state index contributed by atoms with van der Waals surface area (Å²) in [4.78, 5) is 18.8. The molecule has 0 aromatic rings. The van der Waals surface area contributed by atoms with Gasteiger partial charge in [0.2, 0.25) is 5.91 Å². The molecule has 5 heteroatoms. The molecule has 0 radical (unpaired) electrons. The van der Waals surface area contributed by atoms with Crippen LogP contribution in [0.15, 0.2) is 12.7 Å². The molecule has 0 unspecified atom stereocenters. The average Bonchev–Trinajstić information content (AvgIpc) is 2.86. The highest BCUT2D eigenvalue weighted by Gasteiger charge is 2.38. The minimum absolute atomic E-state index is 0.0167. The van der Waals surface area contributed by atoms with Crippen molar-refractivity contribution in [1.29, 1.82) is 0 Å². The molecule has 0 spiro atoms. The molecule has 2 heterocycles. The third-order valence-electron chi connectivity index (χ3n) is 4.63. The Hall–Kier alpha value is -0.910. The highest BCUT2D eigenvalue weighted by atomic mass is 16.3. The maximum Gasteiger partial charge on any atom is 0.239 e. The van der Waals surface area contributed by atoms with Gasteiger partial charge in [0.25, 0.3) is 0 Å². The second-order valence-corrected chi connectivity index (χ2v) is 6.73. The molecule has 2 saturated heterocycles. The first-order valence-corrected chi connectivity index (χ1v) is 7.96. The predicted molar refractivity (Wildman–Crippen MR) is 84.1 cm³/mol. The van der Waals surface area contributed by atoms with Crippen LogP contribution in [0.5, 0.6) is 0 Å². The lowest BCUT2D eigenvalue weighted by Crippen LogP contribution is -2.54. The highest BCUT2D eigenvalue weighted by molar-refractivity contribution is 5.82. The Labute approximate surface area is 128 Å². The number of aliphatic hydroxyl groups is 1. The van der Waals surface area contributed by atoms with Crippen LogP contribution >= 0.6 is 0 Å². The van der Waals surface area contributed by atoms with Crippen molar-refractivity contribution in [1.82, 2.24) is 14.7 Å². The number of nitrogens with zero attached hydrogens (tertiary/aromatic N) is 3. The van der Waals surface area contributed by atoms with E-state index in [0.29, 0.717) is 32.5 Å². The van der Waals surface area contributed by atoms with Crippen LogP contribution in [0.25, 0.3) is 0 Å². The van der Waals surface area contributed by atoms with Crippen LogP contribution in [-0.2, 0) is 4.79 Å². The Bertz CT molecular complexity index is 376. The zero-order chi connectivity index (χ0) is 15.5. The summed E-state index contributed by atoms with van der Waals surface area (Å²) < 4.78 is 0. The van der Waals surface area contributed by atoms with Gasteiger partial charge < -0.3 is 14.9 Å². The number of carbonyl (C=O) groups is 1. The summed E-state index contributed by atoms with van der Waals surface area (Å²) in [5, 5.41) is 10.5. The number of carbonyl (C=O) groups excluding carboxylic acids is 1. The van der Waals surface area contributed by atoms with Gasteiger partial charge in [-0.05, 0) is 46.3 Å². The summed E-state index contributed by atoms with van der Waals surface area (Å²) in [6.07, 6.45) is 5.25. The van der Waals surface area contributed by atoms with Crippen LogP contribution in [0.3, 0.4) is 0 Å². The van der Waals surface area contributed by atoms with Gasteiger partial charge >= 0.3 is 0 Å². The summed E-state index contributed by atoms with van der Waals surface area (Å²) in [6, 6.07) is 0.0167. The molecule has 0 aromatic carbocycles. The number of rotatable bonds is 5. The molecule has 2 rings (SSSR count). The molecule has 2 aliphatic heterocycles. The molecule has 21 heavy (non-hydrogen) atoms. The lowest BCUT2D eigenvalue weighted by atomic mass is 9.90. The zero-order valence-electron chi connectivity index (χ0n) is 13.4. The minimum Gasteiger partial charge on any atom is -0.388 e. The van der Waals surface area contributed by atoms with Gasteiger partial charge in [0, 0.05) is 26.2 Å². The van der Waals surface area contributed by atoms with Crippen LogP contribution in [0.4, 0.5) is 0 Å². The van der Waals surface area contributed by atoms with Crippen LogP contribution in [0.2, 0.25) is 0 Å². The van der Waals surface area contributed by atoms with Crippen molar-refractivity contribution in [3.05, 3.63) is 12.7 Å². The fraction of sp³-hybridized carbons (Fsp3) is 0.812. The number of likely N-dealkylation sites (N-methyl/N-ethyl adjacent to an activating group) is 1. The maximum atomic E-state index is 12.7. The predicted octanol–water partition coefficient (Wildman–Crippen LogP) is 0.552. The summed E-state index contributed by atoms with van der Waals surface area (Å²) in [7, 11) is 3.95. The van der Waals surface area contributed by atoms with Crippen molar-refractivity contribution < 1.29 is 9.90 Å². The van der Waals surface area contributed by atoms with Gasteiger partial charge in [0.15, 0.2) is 0 Å². The van der Waals surface area contributed by atoms with E-state index < -0.39 is 5.60 Å². The lowest BCUT2D eigenvalue weighted by molar-refractivity contribution is -0.140. The Kier molecular flexibility index (Phi) is 5.41. The van der Waals surface area contributed by atoms with Gasteiger partial charge in [-0.25, -0.2) is 0 Å². The molecule has 2 aliphatic rings. The molecule has 0 aromatic heterocycles. The smallest absolute Gasteiger partial charge is 0.239 e. The molecule has 0 bridgehead atoms. The van der Waals surface area contributed by atoms with Crippen LogP contribution < -0.4 is 0 Å². The molecule has 0 saturated carbocycles. The van der Waals surface area contributed by atoms with Crippen LogP contribution in [0, 0.1) is 0 Å². The van der Waals surface area contributed by atoms with E-state index in [0.717, 1.165) is 25.9 Å². The van der Waals surface area contributed by atoms with E-state index in [-0.39, 0.29) is 11.9 Å². The first kappa shape index (κ1) is 16.5. The minimum atomic E-state index is -0.642. The standard InChI is InChI=1S/C16H29N3O2/c1-4-9-18-10-5-6-14(18)15(20)19-11-7-16(21,8-12-19)13-17(2)3/h4,14,21H,1,5-13H2,2-3H3/t14-/m0/s1. The molecule has 5 nitrogen and oxygen atoms in total. The van der Waals surface area contributed by atoms with Gasteiger partial charge in [0.1, 0.15) is 0 Å². The van der Waals surface area contributed by atoms with E-state index in [4.69, 9.17) is 0 Å². The molecule has 1 N–H and O–H groups in total. The van der Waals surface area contributed by atoms with Gasteiger partial charge in [-0.1, -0.05) is 6.08 Å². The largest absolute Gasteiger partial charge is 0.388 e. The third kappa shape index (κ3) is 4.05. The van der Waals surface area contributed by atoms with E-state index in [9.17, 15) is 9.90 Å². The van der Waals surface area contributed by atoms with E-state index in [1.54, 1.807) is 0 Å². The van der Waals surface area contributed by atoms with Crippen molar-refractivity contribution in [2.75, 3.05) is 46.8 Å². The Morgan fingerprint density at radius 3 is 2.62 bits per heavy atom.